The third-order valence-corrected chi connectivity index (χ3v) is 26.5. The summed E-state index contributed by atoms with van der Waals surface area (Å²) in [6.07, 6.45) is 8.10. The number of nitrogens with zero attached hydrogens (tertiary/aromatic N) is 8. The molecule has 4 heterocycles. The molecule has 0 aliphatic heterocycles. The van der Waals surface area contributed by atoms with Gasteiger partial charge in [0.05, 0.1) is 118 Å². The smallest absolute Gasteiger partial charge is 0.296 e. The molecule has 0 unspecified atom stereocenters. The molecular weight excluding hydrogens is 1710 g/mol. The Labute approximate surface area is 702 Å². The van der Waals surface area contributed by atoms with Gasteiger partial charge in [-0.1, -0.05) is 87.9 Å². The maximum Gasteiger partial charge on any atom is 0.296 e. The van der Waals surface area contributed by atoms with E-state index < -0.39 is 84.9 Å². The van der Waals surface area contributed by atoms with Crippen LogP contribution >= 0.6 is 36.1 Å². The summed E-state index contributed by atoms with van der Waals surface area (Å²) >= 11 is 1.25. The number of hydrogen-bond donors (Lipinski definition) is 11. The number of ketones is 4. The molecule has 2 saturated carbocycles. The van der Waals surface area contributed by atoms with Crippen molar-refractivity contribution in [3.8, 4) is 22.3 Å². The number of carbonyl (C=O) groups is 4. The number of nitrogen functional groups attached to an aromatic ring is 1. The van der Waals surface area contributed by atoms with E-state index in [1.807, 2.05) is 0 Å². The van der Waals surface area contributed by atoms with Crippen LogP contribution in [-0.4, -0.2) is 117 Å². The summed E-state index contributed by atoms with van der Waals surface area (Å²) in [7, 11) is -12.3. The molecule has 12 aromatic rings. The van der Waals surface area contributed by atoms with Gasteiger partial charge in [-0.2, -0.15) is 45.2 Å². The predicted octanol–water partition coefficient (Wildman–Crippen LogP) is 13.9. The van der Waals surface area contributed by atoms with Crippen LogP contribution in [0, 0.1) is 11.8 Å². The Balaban J connectivity index is 0.616. The predicted molar refractivity (Wildman–Crippen MR) is 441 cm³/mol. The lowest BCUT2D eigenvalue weighted by molar-refractivity contribution is -0.432. The Bertz CT molecular complexity index is 6890. The maximum atomic E-state index is 15.0. The van der Waals surface area contributed by atoms with Crippen molar-refractivity contribution >= 4 is 163 Å². The lowest BCUT2D eigenvalue weighted by atomic mass is 9.73. The van der Waals surface area contributed by atoms with Gasteiger partial charge < -0.3 is 36.1 Å². The molecule has 0 atom stereocenters. The number of carbonyl (C=O) groups excluding carboxylic acids is 4. The summed E-state index contributed by atoms with van der Waals surface area (Å²) < 4.78 is 126. The summed E-state index contributed by atoms with van der Waals surface area (Å²) in [6, 6.07) is 33.3. The Morgan fingerprint density at radius 1 is 0.459 bits per heavy atom. The third-order valence-electron chi connectivity index (χ3n) is 22.0. The fourth-order valence-corrected chi connectivity index (χ4v) is 19.9. The minimum Gasteiger partial charge on any atom is -0.368 e. The van der Waals surface area contributed by atoms with Gasteiger partial charge in [0.1, 0.15) is 27.8 Å². The average molecular weight is 1770 g/mol. The molecule has 0 bridgehead atoms. The largest absolute Gasteiger partial charge is 0.368 e. The van der Waals surface area contributed by atoms with Crippen LogP contribution in [0.1, 0.15) is 145 Å². The van der Waals surface area contributed by atoms with Crippen molar-refractivity contribution in [3.05, 3.63) is 229 Å². The molecule has 12 N–H and O–H groups in total. The molecule has 8 aromatic carbocycles. The van der Waals surface area contributed by atoms with Crippen LogP contribution in [0.15, 0.2) is 191 Å². The quantitative estimate of drug-likeness (QED) is 0.00713. The fraction of sp³-hybridized carbons (Fsp3) is 0.190. The first-order valence-corrected chi connectivity index (χ1v) is 43.5. The summed E-state index contributed by atoms with van der Waals surface area (Å²) in [4.78, 5) is 113. The number of hydrogen-bond acceptors (Lipinski definition) is 35. The standard InChI is InChI=1S/C79H65N13O24S6/c1-91-55-27-25-49(63-65(55)61(45-13-3-5-15-47(45)71(63)95)67(75(91)97)69(93)41-9-7-11-43(30-41)117-114-111-99)83-51-32-54(60(122(108,109)110)34-57(51)118-115-112-100)86-79-89-74(87-77(80)90-79)40-23-19-38(20-24-40)29-37-17-21-39(22-18-37)73-81-36-82-78(88-73)85-52-33-53(59(121(105,106)107)35-58(52)119-116-113-101)84-50-26-28-56-66-62(46-14-4-6-16-48(46)72(96)64(50)66)68(76(98)92(56)2)70(94)42-10-8-12-44(31-42)120(102,103)104/h3-16,25-28,30-40,83-84,99-101H,17-24,29H2,1-2H3,(H,102,103,104)(H,105,106,107)(H,108,109,110)(H,81,82,85,88)(H3,80,86,87,89,90). The van der Waals surface area contributed by atoms with Crippen LogP contribution in [0.3, 0.4) is 0 Å². The highest BCUT2D eigenvalue weighted by Gasteiger charge is 2.39. The Hall–Kier alpha value is -11.7. The monoisotopic (exact) mass is 1770 g/mol. The van der Waals surface area contributed by atoms with E-state index in [9.17, 15) is 78.2 Å². The van der Waals surface area contributed by atoms with Crippen LogP contribution in [0.4, 0.5) is 52.0 Å². The highest BCUT2D eigenvalue weighted by atomic mass is 32.2. The number of fused-ring (bicyclic) bond motifs is 4. The molecule has 16 rings (SSSR count). The maximum absolute atomic E-state index is 15.0. The number of benzene rings is 8. The number of pyridine rings is 2. The lowest BCUT2D eigenvalue weighted by Crippen LogP contribution is -2.29. The number of anilines is 9. The molecule has 0 amide bonds. The molecular formula is C79H65N13O24S6. The SMILES string of the molecule is Cn1c(=O)c(C(=O)c2cccc(SOOO)c2)c2c3c(c(Nc4cc(Nc5nc(N)nc(C6CCC(CC7CCC(c8ncnc(Nc9cc(Nc%10ccc%11c%12c%10C(=O)c%10ccccc%10-c%12c(C(=O)c%10cccc(S(=O)(=O)O)c%10)c(=O)n%11C)c(S(=O)(=O)O)cc9SOOO)n8)CC7)CC6)n5)c(S(=O)(=O)O)cc4SOOO)ccc31)C(=O)c1ccccc1-2. The number of aryl methyl sites for hydroxylation is 2. The second kappa shape index (κ2) is 34.0. The third kappa shape index (κ3) is 16.3. The highest BCUT2D eigenvalue weighted by Crippen LogP contribution is 2.50. The van der Waals surface area contributed by atoms with E-state index in [1.165, 1.54) is 104 Å². The van der Waals surface area contributed by atoms with Crippen LogP contribution in [-0.2, 0) is 72.6 Å². The molecule has 626 valence electrons. The van der Waals surface area contributed by atoms with Crippen molar-refractivity contribution in [1.82, 2.24) is 39.0 Å². The van der Waals surface area contributed by atoms with Gasteiger partial charge in [-0.25, -0.2) is 25.7 Å². The average Bonchev–Trinajstić information content (AvgIpc) is 0.709. The van der Waals surface area contributed by atoms with Gasteiger partial charge >= 0.3 is 0 Å². The Morgan fingerprint density at radius 2 is 0.910 bits per heavy atom. The molecule has 0 radical (unpaired) electrons. The fourth-order valence-electron chi connectivity index (χ4n) is 16.5. The van der Waals surface area contributed by atoms with E-state index in [4.69, 9.17) is 29.6 Å². The molecule has 4 aliphatic carbocycles. The second-order valence-corrected chi connectivity index (χ2v) is 35.4. The molecule has 0 spiro atoms. The summed E-state index contributed by atoms with van der Waals surface area (Å²) in [5.74, 6) is -2.22. The van der Waals surface area contributed by atoms with Gasteiger partial charge in [0, 0.05) is 75.0 Å². The van der Waals surface area contributed by atoms with E-state index in [-0.39, 0.29) is 157 Å². The molecule has 43 heteroatoms. The number of aromatic nitrogens is 8. The summed E-state index contributed by atoms with van der Waals surface area (Å²) in [5, 5.41) is 51.4. The minimum absolute atomic E-state index is 0.00151. The van der Waals surface area contributed by atoms with Crippen molar-refractivity contribution in [1.29, 1.82) is 0 Å². The molecule has 0 saturated heterocycles. The zero-order valence-corrected chi connectivity index (χ0v) is 68.1. The van der Waals surface area contributed by atoms with Gasteiger partial charge in [-0.05, 0) is 154 Å². The van der Waals surface area contributed by atoms with Crippen LogP contribution in [0.2, 0.25) is 0 Å². The molecule has 122 heavy (non-hydrogen) atoms. The van der Waals surface area contributed by atoms with E-state index >= 15 is 0 Å². The first-order chi connectivity index (χ1) is 58.5. The second-order valence-electron chi connectivity index (χ2n) is 29.0. The molecule has 2 fully saturated rings. The van der Waals surface area contributed by atoms with Gasteiger partial charge in [0.15, 0.2) is 23.1 Å². The van der Waals surface area contributed by atoms with Crippen LogP contribution in [0.5, 0.6) is 0 Å². The summed E-state index contributed by atoms with van der Waals surface area (Å²) in [6.45, 7) is 0. The Kier molecular flexibility index (Phi) is 23.4. The normalized spacial score (nSPS) is 16.3. The van der Waals surface area contributed by atoms with Gasteiger partial charge in [-0.15, -0.1) is 13.0 Å². The first kappa shape index (κ1) is 83.9. The zero-order chi connectivity index (χ0) is 86.0. The van der Waals surface area contributed by atoms with Crippen molar-refractivity contribution in [2.24, 2.45) is 25.9 Å². The van der Waals surface area contributed by atoms with E-state index in [2.05, 4.69) is 60.7 Å². The van der Waals surface area contributed by atoms with Gasteiger partial charge in [-0.3, -0.25) is 42.4 Å². The minimum atomic E-state index is -5.19. The van der Waals surface area contributed by atoms with Gasteiger partial charge in [0.25, 0.3) is 41.5 Å². The number of nitrogens with one attached hydrogen (secondary N) is 4. The van der Waals surface area contributed by atoms with E-state index in [0.717, 1.165) is 60.9 Å². The topological polar surface area (TPSA) is 543 Å². The van der Waals surface area contributed by atoms with Gasteiger partial charge in [0.2, 0.25) is 17.8 Å². The summed E-state index contributed by atoms with van der Waals surface area (Å²) in [5.41, 5.74) is 4.28. The van der Waals surface area contributed by atoms with E-state index in [1.54, 1.807) is 42.5 Å². The van der Waals surface area contributed by atoms with Crippen molar-refractivity contribution in [2.45, 2.75) is 99.0 Å². The first-order valence-electron chi connectivity index (χ1n) is 37.0. The molecule has 4 aromatic heterocycles. The number of rotatable bonds is 28. The zero-order valence-electron chi connectivity index (χ0n) is 63.2. The van der Waals surface area contributed by atoms with Crippen LogP contribution in [0.25, 0.3) is 44.1 Å². The van der Waals surface area contributed by atoms with Crippen molar-refractivity contribution < 1.29 is 102 Å². The van der Waals surface area contributed by atoms with Crippen LogP contribution < -0.4 is 38.1 Å². The Morgan fingerprint density at radius 3 is 1.42 bits per heavy atom. The molecule has 4 aliphatic rings. The number of nitrogens with two attached hydrogens (primary N) is 1. The van der Waals surface area contributed by atoms with Crippen molar-refractivity contribution in [2.75, 3.05) is 27.0 Å². The van der Waals surface area contributed by atoms with Crippen molar-refractivity contribution in [3.63, 3.8) is 0 Å². The van der Waals surface area contributed by atoms with E-state index in [0.29, 0.717) is 90.2 Å². The molecule has 37 nitrogen and oxygen atoms in total. The lowest BCUT2D eigenvalue weighted by Gasteiger charge is -2.33. The highest BCUT2D eigenvalue weighted by molar-refractivity contribution is 7.95.